The van der Waals surface area contributed by atoms with E-state index in [2.05, 4.69) is 19.9 Å². The van der Waals surface area contributed by atoms with Gasteiger partial charge >= 0.3 is 6.61 Å². The van der Waals surface area contributed by atoms with Crippen LogP contribution in [0.3, 0.4) is 0 Å². The van der Waals surface area contributed by atoms with Crippen molar-refractivity contribution >= 4 is 17.3 Å². The van der Waals surface area contributed by atoms with Crippen LogP contribution >= 0.6 is 0 Å². The number of carbonyl (C=O) groups is 1. The molecule has 10 nitrogen and oxygen atoms in total. The second-order valence-electron chi connectivity index (χ2n) is 7.79. The molecule has 0 spiro atoms. The molecule has 1 amide bonds. The molecule has 0 bridgehead atoms. The van der Waals surface area contributed by atoms with E-state index >= 15 is 0 Å². The number of nitrogens with zero attached hydrogens (tertiary/aromatic N) is 3. The van der Waals surface area contributed by atoms with Crippen LogP contribution in [0, 0.1) is 10.1 Å². The van der Waals surface area contributed by atoms with Crippen molar-refractivity contribution in [2.24, 2.45) is 0 Å². The lowest BCUT2D eigenvalue weighted by atomic mass is 10.1. The van der Waals surface area contributed by atoms with E-state index in [4.69, 9.17) is 9.47 Å². The van der Waals surface area contributed by atoms with Crippen molar-refractivity contribution < 1.29 is 32.7 Å². The molecule has 2 aromatic rings. The van der Waals surface area contributed by atoms with Gasteiger partial charge in [-0.05, 0) is 37.2 Å². The number of nitrogens with one attached hydrogen (secondary N) is 1. The number of anilines is 1. The maximum Gasteiger partial charge on any atom is 0.387 e. The Hall–Kier alpha value is -3.67. The summed E-state index contributed by atoms with van der Waals surface area (Å²) in [5.41, 5.74) is 0.204. The van der Waals surface area contributed by atoms with Crippen molar-refractivity contribution in [1.82, 2.24) is 10.2 Å². The number of methoxy groups -OCH3 is 2. The number of nitro benzene ring substituents is 1. The molecule has 0 atom stereocenters. The highest BCUT2D eigenvalue weighted by Crippen LogP contribution is 2.35. The van der Waals surface area contributed by atoms with Crippen LogP contribution in [-0.4, -0.2) is 75.8 Å². The van der Waals surface area contributed by atoms with Gasteiger partial charge in [0.15, 0.2) is 11.5 Å². The standard InChI is InChI=1S/C23H28F2N4O6/c1-33-17-6-4-16(5-7-17)28-12-10-27(11-13-28)9-3-8-26-22(30)18-14-20(34-2)21(35-23(24)25)15-19(18)29(31)32/h4-7,14-15,23H,3,8-13H2,1-2H3,(H,26,30). The monoisotopic (exact) mass is 494 g/mol. The number of benzene rings is 2. The number of alkyl halides is 2. The summed E-state index contributed by atoms with van der Waals surface area (Å²) in [6.07, 6.45) is 0.645. The van der Waals surface area contributed by atoms with Crippen LogP contribution in [0.5, 0.6) is 17.2 Å². The molecular weight excluding hydrogens is 466 g/mol. The molecule has 1 aliphatic heterocycles. The number of hydrogen-bond acceptors (Lipinski definition) is 8. The van der Waals surface area contributed by atoms with E-state index in [1.807, 2.05) is 24.3 Å². The lowest BCUT2D eigenvalue weighted by molar-refractivity contribution is -0.385. The first-order valence-corrected chi connectivity index (χ1v) is 11.0. The van der Waals surface area contributed by atoms with E-state index < -0.39 is 28.9 Å². The molecule has 35 heavy (non-hydrogen) atoms. The summed E-state index contributed by atoms with van der Waals surface area (Å²) in [6, 6.07) is 9.73. The first-order chi connectivity index (χ1) is 16.8. The molecule has 0 aliphatic carbocycles. The lowest BCUT2D eigenvalue weighted by Gasteiger charge is -2.36. The maximum absolute atomic E-state index is 12.6. The summed E-state index contributed by atoms with van der Waals surface area (Å²) in [5.74, 6) is -0.589. The average Bonchev–Trinajstić information content (AvgIpc) is 2.86. The molecule has 12 heteroatoms. The van der Waals surface area contributed by atoms with Gasteiger partial charge in [0.1, 0.15) is 11.3 Å². The molecule has 1 aliphatic rings. The van der Waals surface area contributed by atoms with Crippen LogP contribution in [-0.2, 0) is 0 Å². The fraction of sp³-hybridized carbons (Fsp3) is 0.435. The third-order valence-corrected chi connectivity index (χ3v) is 5.69. The van der Waals surface area contributed by atoms with Gasteiger partial charge in [0, 0.05) is 44.5 Å². The van der Waals surface area contributed by atoms with Gasteiger partial charge in [0.2, 0.25) is 0 Å². The second kappa shape index (κ2) is 12.2. The van der Waals surface area contributed by atoms with Gasteiger partial charge in [-0.25, -0.2) is 0 Å². The molecule has 0 radical (unpaired) electrons. The summed E-state index contributed by atoms with van der Waals surface area (Å²) >= 11 is 0. The summed E-state index contributed by atoms with van der Waals surface area (Å²) in [5, 5.41) is 14.0. The minimum Gasteiger partial charge on any atom is -0.497 e. The zero-order valence-corrected chi connectivity index (χ0v) is 19.5. The average molecular weight is 494 g/mol. The quantitative estimate of drug-likeness (QED) is 0.289. The zero-order chi connectivity index (χ0) is 25.4. The third kappa shape index (κ3) is 6.92. The number of carbonyl (C=O) groups excluding carboxylic acids is 1. The van der Waals surface area contributed by atoms with Crippen molar-refractivity contribution in [3.8, 4) is 17.2 Å². The smallest absolute Gasteiger partial charge is 0.387 e. The van der Waals surface area contributed by atoms with Crippen LogP contribution in [0.25, 0.3) is 0 Å². The van der Waals surface area contributed by atoms with Crippen molar-refractivity contribution in [3.05, 3.63) is 52.1 Å². The van der Waals surface area contributed by atoms with Crippen molar-refractivity contribution in [2.75, 3.05) is 58.4 Å². The summed E-state index contributed by atoms with van der Waals surface area (Å²) in [4.78, 5) is 27.7. The normalized spacial score (nSPS) is 14.0. The molecule has 0 unspecified atom stereocenters. The molecule has 3 rings (SSSR count). The Kier molecular flexibility index (Phi) is 9.01. The van der Waals surface area contributed by atoms with Gasteiger partial charge < -0.3 is 24.4 Å². The van der Waals surface area contributed by atoms with Gasteiger partial charge in [0.25, 0.3) is 11.6 Å². The van der Waals surface area contributed by atoms with Crippen LogP contribution < -0.4 is 24.4 Å². The van der Waals surface area contributed by atoms with E-state index in [0.717, 1.165) is 56.3 Å². The Morgan fingerprint density at radius 1 is 1.09 bits per heavy atom. The van der Waals surface area contributed by atoms with E-state index in [9.17, 15) is 23.7 Å². The third-order valence-electron chi connectivity index (χ3n) is 5.69. The van der Waals surface area contributed by atoms with Gasteiger partial charge in [-0.2, -0.15) is 8.78 Å². The van der Waals surface area contributed by atoms with Gasteiger partial charge in [-0.3, -0.25) is 19.8 Å². The Morgan fingerprint density at radius 3 is 2.34 bits per heavy atom. The SMILES string of the molecule is COc1ccc(N2CCN(CCCNC(=O)c3cc(OC)c(OC(F)F)cc3[N+](=O)[O-])CC2)cc1. The molecule has 1 fully saturated rings. The van der Waals surface area contributed by atoms with Crippen molar-refractivity contribution in [3.63, 3.8) is 0 Å². The van der Waals surface area contributed by atoms with E-state index in [1.54, 1.807) is 7.11 Å². The molecule has 1 N–H and O–H groups in total. The molecule has 0 aromatic heterocycles. The highest BCUT2D eigenvalue weighted by molar-refractivity contribution is 5.99. The fourth-order valence-electron chi connectivity index (χ4n) is 3.85. The summed E-state index contributed by atoms with van der Waals surface area (Å²) in [6.45, 7) is 1.34. The van der Waals surface area contributed by atoms with Crippen LogP contribution in [0.15, 0.2) is 36.4 Å². The minimum absolute atomic E-state index is 0.198. The van der Waals surface area contributed by atoms with E-state index in [-0.39, 0.29) is 11.3 Å². The van der Waals surface area contributed by atoms with Crippen LogP contribution in [0.4, 0.5) is 20.2 Å². The van der Waals surface area contributed by atoms with Crippen LogP contribution in [0.1, 0.15) is 16.8 Å². The van der Waals surface area contributed by atoms with E-state index in [0.29, 0.717) is 13.0 Å². The van der Waals surface area contributed by atoms with Gasteiger partial charge in [0.05, 0.1) is 25.2 Å². The molecule has 190 valence electrons. The topological polar surface area (TPSA) is 106 Å². The molecule has 2 aromatic carbocycles. The van der Waals surface area contributed by atoms with Crippen LogP contribution in [0.2, 0.25) is 0 Å². The minimum atomic E-state index is -3.19. The van der Waals surface area contributed by atoms with E-state index in [1.165, 1.54) is 7.11 Å². The predicted molar refractivity (Wildman–Crippen MR) is 125 cm³/mol. The first-order valence-electron chi connectivity index (χ1n) is 11.0. The molecule has 1 saturated heterocycles. The lowest BCUT2D eigenvalue weighted by Crippen LogP contribution is -2.47. The Labute approximate surface area is 201 Å². The fourth-order valence-corrected chi connectivity index (χ4v) is 3.85. The highest BCUT2D eigenvalue weighted by Gasteiger charge is 2.26. The second-order valence-corrected chi connectivity index (χ2v) is 7.79. The first kappa shape index (κ1) is 25.9. The molecular formula is C23H28F2N4O6. The highest BCUT2D eigenvalue weighted by atomic mass is 19.3. The zero-order valence-electron chi connectivity index (χ0n) is 19.5. The van der Waals surface area contributed by atoms with Gasteiger partial charge in [-0.1, -0.05) is 0 Å². The number of amides is 1. The molecule has 1 heterocycles. The number of piperazine rings is 1. The number of hydrogen-bond donors (Lipinski definition) is 1. The Morgan fingerprint density at radius 2 is 1.77 bits per heavy atom. The molecule has 0 saturated carbocycles. The largest absolute Gasteiger partial charge is 0.497 e. The maximum atomic E-state index is 12.6. The summed E-state index contributed by atoms with van der Waals surface area (Å²) in [7, 11) is 2.82. The number of ether oxygens (including phenoxy) is 3. The summed E-state index contributed by atoms with van der Waals surface area (Å²) < 4.78 is 39.6. The predicted octanol–water partition coefficient (Wildman–Crippen LogP) is 3.16. The number of rotatable bonds is 11. The van der Waals surface area contributed by atoms with Crippen molar-refractivity contribution in [1.29, 1.82) is 0 Å². The Balaban J connectivity index is 1.49. The van der Waals surface area contributed by atoms with Crippen molar-refractivity contribution in [2.45, 2.75) is 13.0 Å². The number of halogens is 2. The van der Waals surface area contributed by atoms with Gasteiger partial charge in [-0.15, -0.1) is 0 Å². The Bertz CT molecular complexity index is 1010. The number of nitro groups is 1.